The van der Waals surface area contributed by atoms with Gasteiger partial charge in [-0.25, -0.2) is 0 Å². The van der Waals surface area contributed by atoms with Gasteiger partial charge in [0.1, 0.15) is 5.75 Å². The van der Waals surface area contributed by atoms with E-state index in [1.165, 1.54) is 0 Å². The quantitative estimate of drug-likeness (QED) is 0.555. The molecule has 0 aliphatic rings. The first-order chi connectivity index (χ1) is 10.0. The van der Waals surface area contributed by atoms with Crippen LogP contribution in [-0.2, 0) is 6.54 Å². The number of hydrogen-bond donors (Lipinski definition) is 1. The van der Waals surface area contributed by atoms with Crippen LogP contribution in [0.15, 0.2) is 39.3 Å². The Hall–Kier alpha value is -0.420. The first-order valence-electron chi connectivity index (χ1n) is 6.31. The van der Waals surface area contributed by atoms with Gasteiger partial charge in [-0.15, -0.1) is 0 Å². The molecule has 1 N–H and O–H groups in total. The molecule has 112 valence electrons. The molecule has 21 heavy (non-hydrogen) atoms. The second-order valence-corrected chi connectivity index (χ2v) is 6.77. The van der Waals surface area contributed by atoms with Crippen molar-refractivity contribution in [3.63, 3.8) is 0 Å². The highest BCUT2D eigenvalue weighted by Crippen LogP contribution is 2.35. The van der Waals surface area contributed by atoms with Crippen molar-refractivity contribution in [2.75, 3.05) is 11.9 Å². The summed E-state index contributed by atoms with van der Waals surface area (Å²) in [6.45, 7) is 3.20. The van der Waals surface area contributed by atoms with Gasteiger partial charge in [-0.2, -0.15) is 0 Å². The molecule has 0 saturated heterocycles. The van der Waals surface area contributed by atoms with Crippen molar-refractivity contribution in [3.05, 3.63) is 54.9 Å². The fourth-order valence-electron chi connectivity index (χ4n) is 1.83. The van der Waals surface area contributed by atoms with E-state index in [0.717, 1.165) is 25.9 Å². The summed E-state index contributed by atoms with van der Waals surface area (Å²) in [5.74, 6) is 0.807. The van der Waals surface area contributed by atoms with Crippen LogP contribution in [0.4, 0.5) is 5.69 Å². The average molecular weight is 454 g/mol. The number of rotatable bonds is 5. The predicted octanol–water partition coefficient (Wildman–Crippen LogP) is 6.53. The second kappa shape index (κ2) is 7.73. The molecule has 2 aromatic rings. The number of anilines is 1. The van der Waals surface area contributed by atoms with Crippen molar-refractivity contribution in [2.45, 2.75) is 13.5 Å². The Kier molecular flexibility index (Phi) is 6.23. The number of nitrogens with one attached hydrogen (secondary N) is 1. The third kappa shape index (κ3) is 4.28. The van der Waals surface area contributed by atoms with Crippen LogP contribution in [0.5, 0.6) is 5.75 Å². The molecule has 2 rings (SSSR count). The van der Waals surface area contributed by atoms with Crippen LogP contribution in [0.1, 0.15) is 12.5 Å². The van der Waals surface area contributed by atoms with Gasteiger partial charge in [-0.3, -0.25) is 0 Å². The van der Waals surface area contributed by atoms with E-state index in [1.807, 2.05) is 31.2 Å². The molecule has 0 atom stereocenters. The van der Waals surface area contributed by atoms with Gasteiger partial charge in [0.15, 0.2) is 0 Å². The predicted molar refractivity (Wildman–Crippen MR) is 96.8 cm³/mol. The van der Waals surface area contributed by atoms with E-state index in [2.05, 4.69) is 37.2 Å². The minimum Gasteiger partial charge on any atom is -0.492 e. The van der Waals surface area contributed by atoms with Crippen LogP contribution >= 0.6 is 55.1 Å². The Morgan fingerprint density at radius 1 is 1.14 bits per heavy atom. The van der Waals surface area contributed by atoms with Crippen LogP contribution in [0.3, 0.4) is 0 Å². The molecule has 2 nitrogen and oxygen atoms in total. The molecule has 6 heteroatoms. The van der Waals surface area contributed by atoms with Crippen molar-refractivity contribution in [1.82, 2.24) is 0 Å². The topological polar surface area (TPSA) is 21.3 Å². The zero-order valence-corrected chi connectivity index (χ0v) is 15.9. The van der Waals surface area contributed by atoms with Gasteiger partial charge >= 0.3 is 0 Å². The summed E-state index contributed by atoms with van der Waals surface area (Å²) in [6.07, 6.45) is 0. The van der Waals surface area contributed by atoms with Crippen LogP contribution in [0.25, 0.3) is 0 Å². The summed E-state index contributed by atoms with van der Waals surface area (Å²) in [5.41, 5.74) is 1.90. The molecule has 0 heterocycles. The lowest BCUT2D eigenvalue weighted by Gasteiger charge is -2.13. The molecule has 0 aromatic heterocycles. The molecule has 0 unspecified atom stereocenters. The van der Waals surface area contributed by atoms with Gasteiger partial charge in [0.2, 0.25) is 0 Å². The highest BCUT2D eigenvalue weighted by molar-refractivity contribution is 9.11. The lowest BCUT2D eigenvalue weighted by Crippen LogP contribution is -2.01. The van der Waals surface area contributed by atoms with Crippen molar-refractivity contribution < 1.29 is 4.74 Å². The average Bonchev–Trinajstić information content (AvgIpc) is 2.44. The molecular weight excluding hydrogens is 441 g/mol. The summed E-state index contributed by atoms with van der Waals surface area (Å²) in [4.78, 5) is 0. The molecule has 2 aromatic carbocycles. The standard InChI is InChI=1S/C15H13Br2Cl2NO/c1-2-21-15-10(16)6-9(7-11(15)17)8-20-13-5-3-4-12(18)14(13)19/h3-7,20H,2,8H2,1H3. The first kappa shape index (κ1) is 16.9. The Balaban J connectivity index is 2.15. The van der Waals surface area contributed by atoms with Crippen molar-refractivity contribution in [1.29, 1.82) is 0 Å². The molecular formula is C15H13Br2Cl2NO. The number of benzene rings is 2. The van der Waals surface area contributed by atoms with Gasteiger partial charge in [-0.05, 0) is 68.6 Å². The third-order valence-corrected chi connectivity index (χ3v) is 4.78. The molecule has 0 aliphatic heterocycles. The zero-order chi connectivity index (χ0) is 15.4. The summed E-state index contributed by atoms with van der Waals surface area (Å²) in [5, 5.41) is 4.35. The van der Waals surface area contributed by atoms with E-state index < -0.39 is 0 Å². The smallest absolute Gasteiger partial charge is 0.147 e. The van der Waals surface area contributed by atoms with Crippen molar-refractivity contribution in [2.24, 2.45) is 0 Å². The van der Waals surface area contributed by atoms with E-state index in [0.29, 0.717) is 23.2 Å². The molecule has 0 aliphatic carbocycles. The number of halogens is 4. The van der Waals surface area contributed by atoms with Crippen LogP contribution in [0, 0.1) is 0 Å². The summed E-state index contributed by atoms with van der Waals surface area (Å²) in [7, 11) is 0. The first-order valence-corrected chi connectivity index (χ1v) is 8.65. The number of hydrogen-bond acceptors (Lipinski definition) is 2. The summed E-state index contributed by atoms with van der Waals surface area (Å²) in [6, 6.07) is 9.55. The molecule has 0 radical (unpaired) electrons. The zero-order valence-electron chi connectivity index (χ0n) is 11.2. The minimum atomic E-state index is 0.531. The van der Waals surface area contributed by atoms with Crippen molar-refractivity contribution in [3.8, 4) is 5.75 Å². The van der Waals surface area contributed by atoms with Gasteiger partial charge in [0.25, 0.3) is 0 Å². The maximum Gasteiger partial charge on any atom is 0.147 e. The highest BCUT2D eigenvalue weighted by Gasteiger charge is 2.09. The maximum atomic E-state index is 6.16. The van der Waals surface area contributed by atoms with E-state index in [-0.39, 0.29) is 0 Å². The van der Waals surface area contributed by atoms with Crippen LogP contribution < -0.4 is 10.1 Å². The van der Waals surface area contributed by atoms with Crippen molar-refractivity contribution >= 4 is 60.7 Å². The van der Waals surface area contributed by atoms with Gasteiger partial charge in [-0.1, -0.05) is 29.3 Å². The highest BCUT2D eigenvalue weighted by atomic mass is 79.9. The van der Waals surface area contributed by atoms with Gasteiger partial charge in [0.05, 0.1) is 31.3 Å². The SMILES string of the molecule is CCOc1c(Br)cc(CNc2cccc(Cl)c2Cl)cc1Br. The molecule has 0 saturated carbocycles. The van der Waals surface area contributed by atoms with E-state index >= 15 is 0 Å². The van der Waals surface area contributed by atoms with E-state index in [4.69, 9.17) is 27.9 Å². The lowest BCUT2D eigenvalue weighted by molar-refractivity contribution is 0.336. The molecule has 0 amide bonds. The lowest BCUT2D eigenvalue weighted by atomic mass is 10.2. The molecule has 0 bridgehead atoms. The van der Waals surface area contributed by atoms with E-state index in [9.17, 15) is 0 Å². The normalized spacial score (nSPS) is 10.5. The summed E-state index contributed by atoms with van der Waals surface area (Å²) < 4.78 is 7.39. The fraction of sp³-hybridized carbons (Fsp3) is 0.200. The molecule has 0 spiro atoms. The Labute approximate surface area is 151 Å². The van der Waals surface area contributed by atoms with Gasteiger partial charge in [0, 0.05) is 6.54 Å². The minimum absolute atomic E-state index is 0.531. The van der Waals surface area contributed by atoms with E-state index in [1.54, 1.807) is 6.07 Å². The Morgan fingerprint density at radius 3 is 2.43 bits per heavy atom. The maximum absolute atomic E-state index is 6.16. The van der Waals surface area contributed by atoms with Gasteiger partial charge < -0.3 is 10.1 Å². The molecule has 0 fully saturated rings. The second-order valence-electron chi connectivity index (χ2n) is 4.28. The number of ether oxygens (including phenoxy) is 1. The monoisotopic (exact) mass is 451 g/mol. The summed E-state index contributed by atoms with van der Waals surface area (Å²) >= 11 is 19.2. The largest absolute Gasteiger partial charge is 0.492 e. The Morgan fingerprint density at radius 2 is 1.81 bits per heavy atom. The Bertz CT molecular complexity index is 627. The van der Waals surface area contributed by atoms with Crippen LogP contribution in [-0.4, -0.2) is 6.61 Å². The third-order valence-electron chi connectivity index (χ3n) is 2.78. The van der Waals surface area contributed by atoms with Crippen LogP contribution in [0.2, 0.25) is 10.0 Å². The fourth-order valence-corrected chi connectivity index (χ4v) is 3.71.